The summed E-state index contributed by atoms with van der Waals surface area (Å²) in [5, 5.41) is 0. The van der Waals surface area contributed by atoms with Crippen LogP contribution in [0.3, 0.4) is 0 Å². The molecule has 0 aliphatic carbocycles. The smallest absolute Gasteiger partial charge is 0.310 e. The van der Waals surface area contributed by atoms with Gasteiger partial charge in [-0.2, -0.15) is 0 Å². The number of benzene rings is 3. The molecule has 33 heavy (non-hydrogen) atoms. The lowest BCUT2D eigenvalue weighted by molar-refractivity contribution is -0.149. The van der Waals surface area contributed by atoms with Crippen molar-refractivity contribution < 1.29 is 9.53 Å². The highest BCUT2D eigenvalue weighted by Gasteiger charge is 2.27. The van der Waals surface area contributed by atoms with Gasteiger partial charge in [-0.15, -0.1) is 0 Å². The first-order chi connectivity index (χ1) is 16.3. The summed E-state index contributed by atoms with van der Waals surface area (Å²) in [5.74, 6) is -0.0109. The van der Waals surface area contributed by atoms with E-state index in [9.17, 15) is 4.79 Å². The summed E-state index contributed by atoms with van der Waals surface area (Å²) in [6.07, 6.45) is 3.04. The highest BCUT2D eigenvalue weighted by atomic mass is 16.5. The number of esters is 1. The normalized spacial score (nSPS) is 17.5. The third-order valence-corrected chi connectivity index (χ3v) is 6.88. The maximum atomic E-state index is 12.2. The summed E-state index contributed by atoms with van der Waals surface area (Å²) in [6, 6.07) is 26.2. The molecule has 3 aromatic carbocycles. The molecule has 3 aromatic rings. The van der Waals surface area contributed by atoms with Gasteiger partial charge in [0.25, 0.3) is 0 Å². The van der Waals surface area contributed by atoms with Gasteiger partial charge in [0.2, 0.25) is 0 Å². The van der Waals surface area contributed by atoms with E-state index in [0.717, 1.165) is 45.4 Å². The van der Waals surface area contributed by atoms with E-state index in [0.29, 0.717) is 6.61 Å². The van der Waals surface area contributed by atoms with Crippen molar-refractivity contribution in [1.82, 2.24) is 4.90 Å². The third-order valence-electron chi connectivity index (χ3n) is 6.88. The van der Waals surface area contributed by atoms with Crippen LogP contribution in [-0.2, 0) is 9.53 Å². The van der Waals surface area contributed by atoms with E-state index in [1.165, 1.54) is 33.6 Å². The second-order valence-corrected chi connectivity index (χ2v) is 8.98. The van der Waals surface area contributed by atoms with Crippen molar-refractivity contribution >= 4 is 17.3 Å². The molecule has 0 spiro atoms. The van der Waals surface area contributed by atoms with Gasteiger partial charge in [-0.3, -0.25) is 4.79 Å². The van der Waals surface area contributed by atoms with Crippen LogP contribution in [-0.4, -0.2) is 43.7 Å². The monoisotopic (exact) mass is 440 g/mol. The Morgan fingerprint density at radius 3 is 2.03 bits per heavy atom. The van der Waals surface area contributed by atoms with Crippen molar-refractivity contribution in [1.29, 1.82) is 0 Å². The molecular weight excluding hydrogens is 408 g/mol. The van der Waals surface area contributed by atoms with E-state index in [2.05, 4.69) is 82.6 Å². The lowest BCUT2D eigenvalue weighted by atomic mass is 9.95. The van der Waals surface area contributed by atoms with Crippen LogP contribution in [0.5, 0.6) is 0 Å². The van der Waals surface area contributed by atoms with Gasteiger partial charge in [0.15, 0.2) is 0 Å². The lowest BCUT2D eigenvalue weighted by Crippen LogP contribution is -2.40. The number of hydrogen-bond acceptors (Lipinski definition) is 4. The molecule has 5 rings (SSSR count). The third kappa shape index (κ3) is 4.40. The Labute approximate surface area is 196 Å². The van der Waals surface area contributed by atoms with E-state index in [1.807, 2.05) is 6.92 Å². The molecule has 170 valence electrons. The fourth-order valence-corrected chi connectivity index (χ4v) is 5.36. The van der Waals surface area contributed by atoms with Crippen molar-refractivity contribution in [3.63, 3.8) is 0 Å². The fraction of sp³-hybridized carbons (Fsp3) is 0.345. The number of likely N-dealkylation sites (tertiary alicyclic amines) is 1. The summed E-state index contributed by atoms with van der Waals surface area (Å²) >= 11 is 0. The number of para-hydroxylation sites is 2. The van der Waals surface area contributed by atoms with Crippen molar-refractivity contribution in [3.8, 4) is 22.3 Å². The molecule has 0 saturated carbocycles. The van der Waals surface area contributed by atoms with E-state index in [-0.39, 0.29) is 11.9 Å². The topological polar surface area (TPSA) is 32.8 Å². The van der Waals surface area contributed by atoms with Crippen LogP contribution in [0.2, 0.25) is 0 Å². The minimum absolute atomic E-state index is 0.0211. The zero-order valence-corrected chi connectivity index (χ0v) is 19.4. The molecule has 0 unspecified atom stereocenters. The van der Waals surface area contributed by atoms with Crippen LogP contribution in [0.15, 0.2) is 72.8 Å². The van der Waals surface area contributed by atoms with Crippen molar-refractivity contribution in [2.75, 3.05) is 37.7 Å². The predicted molar refractivity (Wildman–Crippen MR) is 135 cm³/mol. The number of hydrogen-bond donors (Lipinski definition) is 0. The average Bonchev–Trinajstić information content (AvgIpc) is 2.98. The van der Waals surface area contributed by atoms with Crippen LogP contribution in [0.4, 0.5) is 11.4 Å². The Bertz CT molecular complexity index is 1060. The van der Waals surface area contributed by atoms with Gasteiger partial charge in [-0.05, 0) is 62.5 Å². The summed E-state index contributed by atoms with van der Waals surface area (Å²) in [5.41, 5.74) is 7.66. The van der Waals surface area contributed by atoms with Crippen LogP contribution >= 0.6 is 0 Å². The lowest BCUT2D eigenvalue weighted by Gasteiger charge is -2.33. The Balaban J connectivity index is 1.38. The van der Waals surface area contributed by atoms with Crippen LogP contribution in [0.1, 0.15) is 26.2 Å². The standard InChI is InChI=1S/C29H32N2O2/c1-2-33-29(32)22-11-9-18-30(21-22)19-10-20-31-27-16-7-5-14-25(27)23-12-3-4-13-24(23)26-15-6-8-17-28(26)31/h3-8,12-17,22H,2,9-11,18-21H2,1H3/t22-/m1/s1. The molecule has 4 nitrogen and oxygen atoms in total. The maximum absolute atomic E-state index is 12.2. The molecule has 1 saturated heterocycles. The molecular formula is C29H32N2O2. The summed E-state index contributed by atoms with van der Waals surface area (Å²) in [4.78, 5) is 17.2. The molecule has 2 aliphatic heterocycles. The van der Waals surface area contributed by atoms with Crippen molar-refractivity contribution in [2.24, 2.45) is 5.92 Å². The number of ether oxygens (including phenoxy) is 1. The zero-order chi connectivity index (χ0) is 22.6. The first kappa shape index (κ1) is 21.7. The molecule has 0 amide bonds. The number of carbonyl (C=O) groups is 1. The van der Waals surface area contributed by atoms with Gasteiger partial charge in [0.1, 0.15) is 0 Å². The Morgan fingerprint density at radius 1 is 0.848 bits per heavy atom. The predicted octanol–water partition coefficient (Wildman–Crippen LogP) is 6.14. The zero-order valence-electron chi connectivity index (χ0n) is 19.4. The SMILES string of the molecule is CCOC(=O)[C@@H]1CCCN(CCCN2c3ccccc3-c3ccccc3-c3ccccc32)C1. The number of rotatable bonds is 6. The fourth-order valence-electron chi connectivity index (χ4n) is 5.36. The average molecular weight is 441 g/mol. The number of piperidine rings is 1. The number of fused-ring (bicyclic) bond motifs is 5. The Kier molecular flexibility index (Phi) is 6.45. The van der Waals surface area contributed by atoms with Crippen LogP contribution in [0, 0.1) is 5.92 Å². The molecule has 0 N–H and O–H groups in total. The molecule has 0 aromatic heterocycles. The second-order valence-electron chi connectivity index (χ2n) is 8.98. The number of anilines is 2. The van der Waals surface area contributed by atoms with Gasteiger partial charge in [0, 0.05) is 35.6 Å². The molecule has 2 heterocycles. The minimum Gasteiger partial charge on any atom is -0.466 e. The van der Waals surface area contributed by atoms with Crippen LogP contribution < -0.4 is 4.90 Å². The number of nitrogens with zero attached hydrogens (tertiary/aromatic N) is 2. The summed E-state index contributed by atoms with van der Waals surface area (Å²) in [7, 11) is 0. The largest absolute Gasteiger partial charge is 0.466 e. The Hall–Kier alpha value is -3.11. The number of carbonyl (C=O) groups excluding carboxylic acids is 1. The van der Waals surface area contributed by atoms with Crippen molar-refractivity contribution in [3.05, 3.63) is 72.8 Å². The molecule has 0 radical (unpaired) electrons. The van der Waals surface area contributed by atoms with Gasteiger partial charge in [0.05, 0.1) is 12.5 Å². The van der Waals surface area contributed by atoms with Gasteiger partial charge >= 0.3 is 5.97 Å². The highest BCUT2D eigenvalue weighted by Crippen LogP contribution is 2.47. The van der Waals surface area contributed by atoms with E-state index in [1.54, 1.807) is 0 Å². The highest BCUT2D eigenvalue weighted by molar-refractivity contribution is 5.99. The molecule has 1 fully saturated rings. The van der Waals surface area contributed by atoms with Crippen LogP contribution in [0.25, 0.3) is 22.3 Å². The summed E-state index contributed by atoms with van der Waals surface area (Å²) < 4.78 is 5.28. The molecule has 2 aliphatic rings. The molecule has 1 atom stereocenters. The first-order valence-corrected chi connectivity index (χ1v) is 12.2. The van der Waals surface area contributed by atoms with Gasteiger partial charge in [-0.1, -0.05) is 60.7 Å². The van der Waals surface area contributed by atoms with E-state index in [4.69, 9.17) is 4.74 Å². The van der Waals surface area contributed by atoms with Gasteiger partial charge < -0.3 is 14.5 Å². The minimum atomic E-state index is -0.0321. The molecule has 0 bridgehead atoms. The first-order valence-electron chi connectivity index (χ1n) is 12.2. The quantitative estimate of drug-likeness (QED) is 0.431. The summed E-state index contributed by atoms with van der Waals surface area (Å²) in [6.45, 7) is 6.15. The van der Waals surface area contributed by atoms with E-state index >= 15 is 0 Å². The second kappa shape index (κ2) is 9.80. The molecule has 4 heteroatoms. The Morgan fingerprint density at radius 2 is 1.42 bits per heavy atom. The van der Waals surface area contributed by atoms with Gasteiger partial charge in [-0.25, -0.2) is 0 Å². The van der Waals surface area contributed by atoms with Crippen molar-refractivity contribution in [2.45, 2.75) is 26.2 Å². The maximum Gasteiger partial charge on any atom is 0.310 e. The van der Waals surface area contributed by atoms with E-state index < -0.39 is 0 Å².